The van der Waals surface area contributed by atoms with E-state index in [1.54, 1.807) is 0 Å². The van der Waals surface area contributed by atoms with Gasteiger partial charge in [-0.05, 0) is 0 Å². The zero-order chi connectivity index (χ0) is 3.58. The Kier molecular flexibility index (Phi) is 8.25. The molecule has 0 rings (SSSR count). The Labute approximate surface area is 59.2 Å². The Bertz CT molecular complexity index is 32.6. The van der Waals surface area contributed by atoms with E-state index in [4.69, 9.17) is 9.90 Å². The summed E-state index contributed by atoms with van der Waals surface area (Å²) in [6.07, 6.45) is -1.33. The van der Waals surface area contributed by atoms with Gasteiger partial charge in [-0.2, -0.15) is 0 Å². The van der Waals surface area contributed by atoms with Crippen molar-refractivity contribution in [3.8, 4) is 0 Å². The minimum Gasteiger partial charge on any atom is -0.465 e. The molecule has 0 radical (unpaired) electrons. The van der Waals surface area contributed by atoms with E-state index in [1.165, 1.54) is 0 Å². The second kappa shape index (κ2) is 4.53. The summed E-state index contributed by atoms with van der Waals surface area (Å²) in [7, 11) is 0. The van der Waals surface area contributed by atoms with E-state index >= 15 is 0 Å². The molecule has 1 amide bonds. The summed E-state index contributed by atoms with van der Waals surface area (Å²) in [6.45, 7) is 0. The zero-order valence-corrected chi connectivity index (χ0v) is 2.99. The third kappa shape index (κ3) is 103. The van der Waals surface area contributed by atoms with Crippen LogP contribution < -0.4 is 5.73 Å². The number of carbonyl (C=O) groups is 1. The number of rotatable bonds is 0. The number of nitrogens with two attached hydrogens (primary N) is 1. The van der Waals surface area contributed by atoms with Crippen LogP contribution in [0.3, 0.4) is 0 Å². The minimum absolute atomic E-state index is 0. The Morgan fingerprint density at radius 1 is 1.80 bits per heavy atom. The van der Waals surface area contributed by atoms with E-state index in [1.807, 2.05) is 0 Å². The fourth-order valence-corrected chi connectivity index (χ4v) is 0. The number of amides is 1. The van der Waals surface area contributed by atoms with E-state index in [0.29, 0.717) is 0 Å². The molecule has 0 aliphatic heterocycles. The molecule has 0 aromatic heterocycles. The zero-order valence-electron chi connectivity index (χ0n) is 2.29. The van der Waals surface area contributed by atoms with Gasteiger partial charge in [0.05, 0.1) is 0 Å². The Morgan fingerprint density at radius 2 is 1.80 bits per heavy atom. The van der Waals surface area contributed by atoms with Gasteiger partial charge in [0.25, 0.3) is 0 Å². The molecular weight excluding hydrogens is 98.0 g/mol. The maximum absolute atomic E-state index is 8.78. The Balaban J connectivity index is 0. The van der Waals surface area contributed by atoms with Gasteiger partial charge < -0.3 is 10.8 Å². The van der Waals surface area contributed by atoms with Crippen molar-refractivity contribution in [1.82, 2.24) is 0 Å². The van der Waals surface area contributed by atoms with Gasteiger partial charge in [0, 0.05) is 37.7 Å². The molecule has 0 aliphatic carbocycles. The quantitative estimate of drug-likeness (QED) is 0.437. The van der Waals surface area contributed by atoms with Crippen molar-refractivity contribution < 1.29 is 47.6 Å². The fourth-order valence-electron chi connectivity index (χ4n) is 0. The minimum atomic E-state index is -1.33. The van der Waals surface area contributed by atoms with Crippen LogP contribution in [0.4, 0.5) is 4.79 Å². The van der Waals surface area contributed by atoms with Crippen LogP contribution in [0.15, 0.2) is 0 Å². The summed E-state index contributed by atoms with van der Waals surface area (Å²) in [5.41, 5.74) is 4.03. The van der Waals surface area contributed by atoms with Crippen molar-refractivity contribution in [3.05, 3.63) is 0 Å². The number of hydrogen-bond donors (Lipinski definition) is 2. The third-order valence-corrected chi connectivity index (χ3v) is 0. The molecule has 0 saturated heterocycles. The van der Waals surface area contributed by atoms with Gasteiger partial charge in [-0.3, -0.25) is 0 Å². The van der Waals surface area contributed by atoms with E-state index in [-0.39, 0.29) is 37.7 Å². The van der Waals surface area contributed by atoms with Crippen molar-refractivity contribution in [3.63, 3.8) is 0 Å². The molecule has 0 heterocycles. The van der Waals surface area contributed by atoms with E-state index in [9.17, 15) is 0 Å². The second-order valence-corrected chi connectivity index (χ2v) is 0.338. The first-order valence-corrected chi connectivity index (χ1v) is 0.716. The van der Waals surface area contributed by atoms with E-state index in [2.05, 4.69) is 5.73 Å². The van der Waals surface area contributed by atoms with Gasteiger partial charge in [0.2, 0.25) is 0 Å². The molecule has 0 fully saturated rings. The van der Waals surface area contributed by atoms with Gasteiger partial charge in [-0.25, -0.2) is 4.79 Å². The normalized spacial score (nSPS) is 4.80. The molecule has 0 saturated carbocycles. The van der Waals surface area contributed by atoms with Crippen LogP contribution >= 0.6 is 0 Å². The van der Waals surface area contributed by atoms with E-state index < -0.39 is 6.09 Å². The summed E-state index contributed by atoms with van der Waals surface area (Å²) < 4.78 is 0. The second-order valence-electron chi connectivity index (χ2n) is 0.338. The fraction of sp³-hybridized carbons (Fsp3) is 0. The third-order valence-electron chi connectivity index (χ3n) is 0. The summed E-state index contributed by atoms with van der Waals surface area (Å²) in [4.78, 5) is 8.78. The van der Waals surface area contributed by atoms with E-state index in [0.717, 1.165) is 0 Å². The summed E-state index contributed by atoms with van der Waals surface area (Å²) in [5.74, 6) is 0. The molecule has 5 heavy (non-hydrogen) atoms. The van der Waals surface area contributed by atoms with Crippen molar-refractivity contribution >= 4 is 6.09 Å². The number of primary amides is 1. The molecule has 0 aromatic carbocycles. The molecule has 0 atom stereocenters. The predicted molar refractivity (Wildman–Crippen MR) is 12.2 cm³/mol. The first-order valence-electron chi connectivity index (χ1n) is 0.716. The largest absolute Gasteiger partial charge is 0.465 e. The molecule has 3 N–H and O–H groups in total. The van der Waals surface area contributed by atoms with Crippen LogP contribution in [-0.4, -0.2) is 11.2 Å². The van der Waals surface area contributed by atoms with Crippen LogP contribution in [0.2, 0.25) is 0 Å². The van der Waals surface area contributed by atoms with Gasteiger partial charge in [-0.1, -0.05) is 0 Å². The van der Waals surface area contributed by atoms with Gasteiger partial charge in [0.1, 0.15) is 0 Å². The summed E-state index contributed by atoms with van der Waals surface area (Å²) >= 11 is 0. The molecule has 4 heteroatoms. The summed E-state index contributed by atoms with van der Waals surface area (Å²) in [5, 5.41) is 7.19. The first-order chi connectivity index (χ1) is 1.73. The van der Waals surface area contributed by atoms with Crippen LogP contribution in [0.5, 0.6) is 0 Å². The standard InChI is InChI=1S/CH3NO2.Ar/c2-1(3)4;/h2H2,(H,3,4);. The molecule has 0 aliphatic rings. The first kappa shape index (κ1) is 9.11. The van der Waals surface area contributed by atoms with Gasteiger partial charge in [0.15, 0.2) is 0 Å². The number of hydrogen-bond acceptors (Lipinski definition) is 1. The Morgan fingerprint density at radius 3 is 1.80 bits per heavy atom. The molecule has 0 aromatic rings. The molecule has 0 bridgehead atoms. The summed E-state index contributed by atoms with van der Waals surface area (Å²) in [6, 6.07) is 0. The van der Waals surface area contributed by atoms with Crippen molar-refractivity contribution in [1.29, 1.82) is 0 Å². The molecule has 32 valence electrons. The van der Waals surface area contributed by atoms with Crippen LogP contribution in [0, 0.1) is 37.7 Å². The molecule has 0 spiro atoms. The number of carboxylic acid groups (broad SMARTS) is 1. The topological polar surface area (TPSA) is 63.3 Å². The molecule has 0 unspecified atom stereocenters. The van der Waals surface area contributed by atoms with Gasteiger partial charge >= 0.3 is 6.09 Å². The van der Waals surface area contributed by atoms with Crippen LogP contribution in [0.1, 0.15) is 0 Å². The average Bonchev–Trinajstić information content (AvgIpc) is 0.811. The van der Waals surface area contributed by atoms with Crippen molar-refractivity contribution in [2.75, 3.05) is 0 Å². The van der Waals surface area contributed by atoms with Crippen molar-refractivity contribution in [2.45, 2.75) is 0 Å². The maximum Gasteiger partial charge on any atom is 0.402 e. The Hall–Kier alpha value is 0.530. The molecular formula is CH3ArNO2. The van der Waals surface area contributed by atoms with Crippen molar-refractivity contribution in [2.24, 2.45) is 5.73 Å². The smallest absolute Gasteiger partial charge is 0.402 e. The van der Waals surface area contributed by atoms with Crippen LogP contribution in [0.25, 0.3) is 0 Å². The molecule has 3 nitrogen and oxygen atoms in total. The predicted octanol–water partition coefficient (Wildman–Crippen LogP) is -0.377. The van der Waals surface area contributed by atoms with Gasteiger partial charge in [-0.15, -0.1) is 0 Å². The van der Waals surface area contributed by atoms with Crippen LogP contribution in [-0.2, 0) is 0 Å². The SMILES string of the molecule is NC(=O)O.[Ar]. The average molecular weight is 101 g/mol. The monoisotopic (exact) mass is 101 g/mol. The maximum atomic E-state index is 8.78.